The summed E-state index contributed by atoms with van der Waals surface area (Å²) in [7, 11) is 0. The van der Waals surface area contributed by atoms with Gasteiger partial charge in [-0.25, -0.2) is 0 Å². The van der Waals surface area contributed by atoms with Crippen molar-refractivity contribution >= 4 is 11.8 Å². The predicted octanol–water partition coefficient (Wildman–Crippen LogP) is 1.27. The Morgan fingerprint density at radius 3 is 2.47 bits per heavy atom. The highest BCUT2D eigenvalue weighted by Gasteiger charge is 2.50. The van der Waals surface area contributed by atoms with E-state index in [1.54, 1.807) is 11.8 Å². The summed E-state index contributed by atoms with van der Waals surface area (Å²) in [6.45, 7) is 4.10. The van der Waals surface area contributed by atoms with Crippen molar-refractivity contribution in [3.63, 3.8) is 0 Å². The first kappa shape index (κ1) is 12.2. The number of piperazine rings is 1. The lowest BCUT2D eigenvalue weighted by atomic mass is 9.88. The summed E-state index contributed by atoms with van der Waals surface area (Å²) in [5.74, 6) is 0.438. The molecule has 0 bridgehead atoms. The van der Waals surface area contributed by atoms with Crippen LogP contribution in [-0.4, -0.2) is 29.3 Å². The van der Waals surface area contributed by atoms with Crippen LogP contribution in [0.5, 0.6) is 0 Å². The molecule has 1 aliphatic heterocycles. The fraction of sp³-hybridized carbons (Fsp3) is 0.467. The molecular formula is C15H18N2O2. The Morgan fingerprint density at radius 2 is 1.89 bits per heavy atom. The monoisotopic (exact) mass is 258 g/mol. The number of amides is 2. The van der Waals surface area contributed by atoms with Crippen molar-refractivity contribution in [2.75, 3.05) is 6.54 Å². The number of hydrogen-bond donors (Lipinski definition) is 1. The van der Waals surface area contributed by atoms with Crippen LogP contribution in [0.15, 0.2) is 30.3 Å². The SMILES string of the molecule is CC1CC1N1CC(=O)NC(C)(c2ccccc2)C1=O. The molecule has 4 nitrogen and oxygen atoms in total. The van der Waals surface area contributed by atoms with Gasteiger partial charge in [0.25, 0.3) is 5.91 Å². The van der Waals surface area contributed by atoms with Gasteiger partial charge in [0.1, 0.15) is 5.54 Å². The maximum Gasteiger partial charge on any atom is 0.253 e. The fourth-order valence-corrected chi connectivity index (χ4v) is 2.86. The number of nitrogens with zero attached hydrogens (tertiary/aromatic N) is 1. The van der Waals surface area contributed by atoms with Gasteiger partial charge in [-0.05, 0) is 24.8 Å². The van der Waals surface area contributed by atoms with E-state index in [0.717, 1.165) is 12.0 Å². The Morgan fingerprint density at radius 1 is 1.26 bits per heavy atom. The summed E-state index contributed by atoms with van der Waals surface area (Å²) in [6, 6.07) is 9.69. The second-order valence-corrected chi connectivity index (χ2v) is 5.75. The van der Waals surface area contributed by atoms with Gasteiger partial charge >= 0.3 is 0 Å². The van der Waals surface area contributed by atoms with E-state index >= 15 is 0 Å². The van der Waals surface area contributed by atoms with Crippen LogP contribution in [-0.2, 0) is 15.1 Å². The van der Waals surface area contributed by atoms with E-state index in [4.69, 9.17) is 0 Å². The molecule has 1 saturated heterocycles. The molecule has 1 aliphatic carbocycles. The molecule has 1 saturated carbocycles. The minimum absolute atomic E-state index is 0.00708. The van der Waals surface area contributed by atoms with Gasteiger partial charge in [-0.2, -0.15) is 0 Å². The second kappa shape index (κ2) is 4.08. The molecule has 0 aromatic heterocycles. The third-order valence-electron chi connectivity index (χ3n) is 4.21. The maximum absolute atomic E-state index is 12.7. The predicted molar refractivity (Wildman–Crippen MR) is 71.2 cm³/mol. The highest BCUT2D eigenvalue weighted by Crippen LogP contribution is 2.38. The minimum Gasteiger partial charge on any atom is -0.337 e. The first-order chi connectivity index (χ1) is 9.02. The van der Waals surface area contributed by atoms with Crippen LogP contribution in [0.25, 0.3) is 0 Å². The average Bonchev–Trinajstić information content (AvgIpc) is 3.12. The van der Waals surface area contributed by atoms with Crippen molar-refractivity contribution in [2.45, 2.75) is 31.8 Å². The van der Waals surface area contributed by atoms with E-state index in [2.05, 4.69) is 12.2 Å². The van der Waals surface area contributed by atoms with E-state index < -0.39 is 5.54 Å². The van der Waals surface area contributed by atoms with Gasteiger partial charge in [0.15, 0.2) is 0 Å². The Kier molecular flexibility index (Phi) is 2.62. The van der Waals surface area contributed by atoms with Crippen molar-refractivity contribution in [1.82, 2.24) is 10.2 Å². The number of nitrogens with one attached hydrogen (secondary N) is 1. The number of rotatable bonds is 2. The normalized spacial score (nSPS) is 34.1. The van der Waals surface area contributed by atoms with Crippen LogP contribution >= 0.6 is 0 Å². The first-order valence-corrected chi connectivity index (χ1v) is 6.70. The van der Waals surface area contributed by atoms with Gasteiger partial charge in [-0.1, -0.05) is 37.3 Å². The van der Waals surface area contributed by atoms with Gasteiger partial charge < -0.3 is 10.2 Å². The van der Waals surface area contributed by atoms with E-state index in [0.29, 0.717) is 5.92 Å². The molecule has 1 N–H and O–H groups in total. The molecule has 2 amide bonds. The summed E-state index contributed by atoms with van der Waals surface area (Å²) >= 11 is 0. The Hall–Kier alpha value is -1.84. The zero-order valence-corrected chi connectivity index (χ0v) is 11.2. The van der Waals surface area contributed by atoms with E-state index in [1.165, 1.54) is 0 Å². The van der Waals surface area contributed by atoms with Crippen molar-refractivity contribution in [2.24, 2.45) is 5.92 Å². The molecule has 0 radical (unpaired) electrons. The number of hydrogen-bond acceptors (Lipinski definition) is 2. The zero-order chi connectivity index (χ0) is 13.6. The topological polar surface area (TPSA) is 49.4 Å². The van der Waals surface area contributed by atoms with Crippen LogP contribution in [0.3, 0.4) is 0 Å². The van der Waals surface area contributed by atoms with Gasteiger partial charge in [0, 0.05) is 6.04 Å². The summed E-state index contributed by atoms with van der Waals surface area (Å²) in [4.78, 5) is 26.4. The molecule has 1 aromatic carbocycles. The largest absolute Gasteiger partial charge is 0.337 e. The highest BCUT2D eigenvalue weighted by molar-refractivity contribution is 5.98. The highest BCUT2D eigenvalue weighted by atomic mass is 16.2. The summed E-state index contributed by atoms with van der Waals surface area (Å²) < 4.78 is 0. The third-order valence-corrected chi connectivity index (χ3v) is 4.21. The third kappa shape index (κ3) is 1.91. The molecule has 3 rings (SSSR count). The molecule has 1 aromatic rings. The van der Waals surface area contributed by atoms with Crippen molar-refractivity contribution in [3.05, 3.63) is 35.9 Å². The van der Waals surface area contributed by atoms with E-state index in [9.17, 15) is 9.59 Å². The average molecular weight is 258 g/mol. The van der Waals surface area contributed by atoms with Crippen LogP contribution in [0.1, 0.15) is 25.8 Å². The summed E-state index contributed by atoms with van der Waals surface area (Å²) in [5.41, 5.74) is -0.0924. The molecule has 19 heavy (non-hydrogen) atoms. The quantitative estimate of drug-likeness (QED) is 0.868. The van der Waals surface area contributed by atoms with Crippen molar-refractivity contribution in [1.29, 1.82) is 0 Å². The van der Waals surface area contributed by atoms with Crippen LogP contribution < -0.4 is 5.32 Å². The molecular weight excluding hydrogens is 240 g/mol. The van der Waals surface area contributed by atoms with Gasteiger partial charge in [-0.15, -0.1) is 0 Å². The maximum atomic E-state index is 12.7. The standard InChI is InChI=1S/C15H18N2O2/c1-10-8-12(10)17-9-13(18)16-15(2,14(17)19)11-6-4-3-5-7-11/h3-7,10,12H,8-9H2,1-2H3,(H,16,18). The lowest BCUT2D eigenvalue weighted by molar-refractivity contribution is -0.150. The summed E-state index contributed by atoms with van der Waals surface area (Å²) in [6.07, 6.45) is 1.00. The zero-order valence-electron chi connectivity index (χ0n) is 11.2. The Labute approximate surface area is 112 Å². The fourth-order valence-electron chi connectivity index (χ4n) is 2.86. The van der Waals surface area contributed by atoms with Crippen LogP contribution in [0, 0.1) is 5.92 Å². The lowest BCUT2D eigenvalue weighted by Crippen LogP contribution is -2.63. The molecule has 2 aliphatic rings. The number of carbonyl (C=O) groups is 2. The molecule has 3 unspecified atom stereocenters. The van der Waals surface area contributed by atoms with Crippen LogP contribution in [0.2, 0.25) is 0 Å². The molecule has 4 heteroatoms. The molecule has 0 spiro atoms. The minimum atomic E-state index is -0.932. The van der Waals surface area contributed by atoms with Crippen LogP contribution in [0.4, 0.5) is 0 Å². The molecule has 1 heterocycles. The smallest absolute Gasteiger partial charge is 0.253 e. The number of carbonyl (C=O) groups excluding carboxylic acids is 2. The molecule has 3 atom stereocenters. The van der Waals surface area contributed by atoms with Gasteiger partial charge in [0.05, 0.1) is 6.54 Å². The summed E-state index contributed by atoms with van der Waals surface area (Å²) in [5, 5.41) is 2.86. The number of benzene rings is 1. The molecule has 2 fully saturated rings. The first-order valence-electron chi connectivity index (χ1n) is 6.70. The molecule has 100 valence electrons. The van der Waals surface area contributed by atoms with E-state index in [-0.39, 0.29) is 24.4 Å². The van der Waals surface area contributed by atoms with Crippen molar-refractivity contribution < 1.29 is 9.59 Å². The van der Waals surface area contributed by atoms with Gasteiger partial charge in [0.2, 0.25) is 5.91 Å². The lowest BCUT2D eigenvalue weighted by Gasteiger charge is -2.40. The van der Waals surface area contributed by atoms with E-state index in [1.807, 2.05) is 30.3 Å². The van der Waals surface area contributed by atoms with Gasteiger partial charge in [-0.3, -0.25) is 9.59 Å². The Bertz CT molecular complexity index is 528. The van der Waals surface area contributed by atoms with Crippen molar-refractivity contribution in [3.8, 4) is 0 Å². The second-order valence-electron chi connectivity index (χ2n) is 5.75. The Balaban J connectivity index is 1.96.